The maximum Gasteiger partial charge on any atom is 0.227 e. The molecule has 3 heteroatoms. The molecule has 0 unspecified atom stereocenters. The summed E-state index contributed by atoms with van der Waals surface area (Å²) in [5.74, 6) is 1.41. The number of rotatable bonds is 4. The molecule has 1 heterocycles. The molecule has 106 valence electrons. The van der Waals surface area contributed by atoms with Crippen molar-refractivity contribution in [2.75, 3.05) is 0 Å². The van der Waals surface area contributed by atoms with Crippen molar-refractivity contribution in [2.24, 2.45) is 5.73 Å². The third-order valence-corrected chi connectivity index (χ3v) is 3.61. The van der Waals surface area contributed by atoms with Crippen molar-refractivity contribution in [3.63, 3.8) is 0 Å². The number of pyridine rings is 1. The van der Waals surface area contributed by atoms with Gasteiger partial charge in [0.2, 0.25) is 5.88 Å². The molecule has 3 rings (SSSR count). The molecule has 0 aliphatic rings. The molecule has 0 spiro atoms. The normalized spacial score (nSPS) is 10.8. The van der Waals surface area contributed by atoms with Gasteiger partial charge in [-0.3, -0.25) is 0 Å². The molecule has 1 aromatic heterocycles. The van der Waals surface area contributed by atoms with Crippen LogP contribution in [0.2, 0.25) is 0 Å². The Balaban J connectivity index is 2.00. The SMILES string of the molecule is CCc1ccc(Oc2ncc(CN)c3ccccc23)cc1. The van der Waals surface area contributed by atoms with Crippen molar-refractivity contribution >= 4 is 10.8 Å². The van der Waals surface area contributed by atoms with Crippen LogP contribution in [0.15, 0.2) is 54.7 Å². The maximum atomic E-state index is 5.94. The van der Waals surface area contributed by atoms with Crippen molar-refractivity contribution in [1.82, 2.24) is 4.98 Å². The summed E-state index contributed by atoms with van der Waals surface area (Å²) in [5, 5.41) is 2.08. The van der Waals surface area contributed by atoms with Crippen LogP contribution in [-0.2, 0) is 13.0 Å². The van der Waals surface area contributed by atoms with Gasteiger partial charge in [-0.25, -0.2) is 4.98 Å². The number of fused-ring (bicyclic) bond motifs is 1. The molecular formula is C18H18N2O. The van der Waals surface area contributed by atoms with E-state index in [1.165, 1.54) is 5.56 Å². The molecule has 2 aromatic carbocycles. The van der Waals surface area contributed by atoms with Gasteiger partial charge in [-0.05, 0) is 41.1 Å². The first kappa shape index (κ1) is 13.6. The van der Waals surface area contributed by atoms with Crippen molar-refractivity contribution in [3.05, 3.63) is 65.9 Å². The van der Waals surface area contributed by atoms with Crippen LogP contribution < -0.4 is 10.5 Å². The summed E-state index contributed by atoms with van der Waals surface area (Å²) < 4.78 is 5.94. The average molecular weight is 278 g/mol. The van der Waals surface area contributed by atoms with E-state index in [9.17, 15) is 0 Å². The second-order valence-corrected chi connectivity index (χ2v) is 4.94. The molecule has 0 bridgehead atoms. The largest absolute Gasteiger partial charge is 0.438 e. The Morgan fingerprint density at radius 1 is 1.00 bits per heavy atom. The number of aryl methyl sites for hydroxylation is 1. The Bertz CT molecular complexity index is 751. The molecule has 3 aromatic rings. The predicted molar refractivity (Wildman–Crippen MR) is 85.5 cm³/mol. The standard InChI is InChI=1S/C18H18N2O/c1-2-13-7-9-15(10-8-13)21-18-17-6-4-3-5-16(17)14(11-19)12-20-18/h3-10,12H,2,11,19H2,1H3. The number of nitrogens with two attached hydrogens (primary N) is 1. The summed E-state index contributed by atoms with van der Waals surface area (Å²) in [6.07, 6.45) is 2.81. The average Bonchev–Trinajstić information content (AvgIpc) is 2.56. The van der Waals surface area contributed by atoms with Crippen molar-refractivity contribution in [3.8, 4) is 11.6 Å². The summed E-state index contributed by atoms with van der Waals surface area (Å²) in [5.41, 5.74) is 8.09. The van der Waals surface area contributed by atoms with Crippen LogP contribution in [0.4, 0.5) is 0 Å². The number of ether oxygens (including phenoxy) is 1. The van der Waals surface area contributed by atoms with Crippen LogP contribution in [0.25, 0.3) is 10.8 Å². The van der Waals surface area contributed by atoms with Crippen molar-refractivity contribution in [2.45, 2.75) is 19.9 Å². The Kier molecular flexibility index (Phi) is 3.84. The van der Waals surface area contributed by atoms with Gasteiger partial charge in [0.05, 0.1) is 0 Å². The summed E-state index contributed by atoms with van der Waals surface area (Å²) in [6.45, 7) is 2.61. The molecule has 21 heavy (non-hydrogen) atoms. The molecule has 0 fully saturated rings. The summed E-state index contributed by atoms with van der Waals surface area (Å²) in [7, 11) is 0. The van der Waals surface area contributed by atoms with Gasteiger partial charge in [0.15, 0.2) is 0 Å². The number of aromatic nitrogens is 1. The Morgan fingerprint density at radius 2 is 1.71 bits per heavy atom. The molecular weight excluding hydrogens is 260 g/mol. The minimum atomic E-state index is 0.471. The number of hydrogen-bond donors (Lipinski definition) is 1. The Morgan fingerprint density at radius 3 is 2.38 bits per heavy atom. The van der Waals surface area contributed by atoms with Gasteiger partial charge in [0.1, 0.15) is 5.75 Å². The summed E-state index contributed by atoms with van der Waals surface area (Å²) in [6, 6.07) is 16.2. The highest BCUT2D eigenvalue weighted by Crippen LogP contribution is 2.29. The minimum Gasteiger partial charge on any atom is -0.438 e. The lowest BCUT2D eigenvalue weighted by molar-refractivity contribution is 0.468. The quantitative estimate of drug-likeness (QED) is 0.783. The van der Waals surface area contributed by atoms with Crippen molar-refractivity contribution < 1.29 is 4.74 Å². The molecule has 0 atom stereocenters. The van der Waals surface area contributed by atoms with Crippen LogP contribution >= 0.6 is 0 Å². The fourth-order valence-corrected chi connectivity index (χ4v) is 2.37. The molecule has 0 saturated heterocycles. The highest BCUT2D eigenvalue weighted by atomic mass is 16.5. The molecule has 0 aliphatic heterocycles. The van der Waals surface area contributed by atoms with Crippen LogP contribution in [0.3, 0.4) is 0 Å². The van der Waals surface area contributed by atoms with E-state index in [-0.39, 0.29) is 0 Å². The number of benzene rings is 2. The third kappa shape index (κ3) is 2.73. The van der Waals surface area contributed by atoms with Crippen molar-refractivity contribution in [1.29, 1.82) is 0 Å². The molecule has 2 N–H and O–H groups in total. The van der Waals surface area contributed by atoms with Gasteiger partial charge in [-0.15, -0.1) is 0 Å². The van der Waals surface area contributed by atoms with Crippen LogP contribution in [-0.4, -0.2) is 4.98 Å². The number of nitrogens with zero attached hydrogens (tertiary/aromatic N) is 1. The van der Waals surface area contributed by atoms with Gasteiger partial charge < -0.3 is 10.5 Å². The molecule has 3 nitrogen and oxygen atoms in total. The fraction of sp³-hybridized carbons (Fsp3) is 0.167. The zero-order valence-corrected chi connectivity index (χ0v) is 12.0. The number of hydrogen-bond acceptors (Lipinski definition) is 3. The fourth-order valence-electron chi connectivity index (χ4n) is 2.37. The highest BCUT2D eigenvalue weighted by molar-refractivity contribution is 5.89. The molecule has 0 aliphatic carbocycles. The Labute approximate surface area is 124 Å². The Hall–Kier alpha value is -2.39. The first-order chi connectivity index (χ1) is 10.3. The highest BCUT2D eigenvalue weighted by Gasteiger charge is 2.08. The van der Waals surface area contributed by atoms with Gasteiger partial charge >= 0.3 is 0 Å². The van der Waals surface area contributed by atoms with E-state index in [4.69, 9.17) is 10.5 Å². The van der Waals surface area contributed by atoms with E-state index in [0.717, 1.165) is 28.5 Å². The van der Waals surface area contributed by atoms with E-state index in [1.807, 2.05) is 36.4 Å². The zero-order chi connectivity index (χ0) is 14.7. The van der Waals surface area contributed by atoms with E-state index in [0.29, 0.717) is 12.4 Å². The third-order valence-electron chi connectivity index (χ3n) is 3.61. The van der Waals surface area contributed by atoms with Crippen LogP contribution in [0.5, 0.6) is 11.6 Å². The van der Waals surface area contributed by atoms with Crippen LogP contribution in [0, 0.1) is 0 Å². The van der Waals surface area contributed by atoms with E-state index in [2.05, 4.69) is 24.0 Å². The second kappa shape index (κ2) is 5.94. The van der Waals surface area contributed by atoms with Gasteiger partial charge in [-0.1, -0.05) is 37.3 Å². The monoisotopic (exact) mass is 278 g/mol. The van der Waals surface area contributed by atoms with Gasteiger partial charge in [0, 0.05) is 18.1 Å². The first-order valence-electron chi connectivity index (χ1n) is 7.15. The lowest BCUT2D eigenvalue weighted by Crippen LogP contribution is -1.99. The van der Waals surface area contributed by atoms with E-state index < -0.39 is 0 Å². The first-order valence-corrected chi connectivity index (χ1v) is 7.15. The predicted octanol–water partition coefficient (Wildman–Crippen LogP) is 4.05. The molecule has 0 saturated carbocycles. The summed E-state index contributed by atoms with van der Waals surface area (Å²) >= 11 is 0. The second-order valence-electron chi connectivity index (χ2n) is 4.94. The minimum absolute atomic E-state index is 0.471. The molecule has 0 amide bonds. The lowest BCUT2D eigenvalue weighted by Gasteiger charge is -2.10. The zero-order valence-electron chi connectivity index (χ0n) is 12.0. The van der Waals surface area contributed by atoms with E-state index >= 15 is 0 Å². The van der Waals surface area contributed by atoms with E-state index in [1.54, 1.807) is 6.20 Å². The van der Waals surface area contributed by atoms with Gasteiger partial charge in [0.25, 0.3) is 0 Å². The maximum absolute atomic E-state index is 5.94. The summed E-state index contributed by atoms with van der Waals surface area (Å²) in [4.78, 5) is 4.41. The lowest BCUT2D eigenvalue weighted by atomic mass is 10.1. The van der Waals surface area contributed by atoms with Gasteiger partial charge in [-0.2, -0.15) is 0 Å². The van der Waals surface area contributed by atoms with Crippen LogP contribution in [0.1, 0.15) is 18.1 Å². The smallest absolute Gasteiger partial charge is 0.227 e. The topological polar surface area (TPSA) is 48.1 Å². The molecule has 0 radical (unpaired) electrons.